The third kappa shape index (κ3) is 2.71. The van der Waals surface area contributed by atoms with Crippen molar-refractivity contribution in [3.63, 3.8) is 0 Å². The van der Waals surface area contributed by atoms with Crippen LogP contribution in [0.1, 0.15) is 18.5 Å². The second-order valence-corrected chi connectivity index (χ2v) is 4.42. The molecular weight excluding hydrogens is 252 g/mol. The second kappa shape index (κ2) is 5.23. The standard InChI is InChI=1S/C13H13ClN2O2/c1-9-4-5-11(14)12(8-9)18-13(17)10(2)16-7-3-6-15-16/h3-8,10H,1-2H3. The highest BCUT2D eigenvalue weighted by Gasteiger charge is 2.18. The van der Waals surface area contributed by atoms with Crippen molar-refractivity contribution in [2.24, 2.45) is 0 Å². The lowest BCUT2D eigenvalue weighted by molar-refractivity contribution is -0.137. The molecule has 0 amide bonds. The van der Waals surface area contributed by atoms with Crippen molar-refractivity contribution in [3.05, 3.63) is 47.2 Å². The van der Waals surface area contributed by atoms with Crippen LogP contribution in [0.15, 0.2) is 36.7 Å². The molecule has 0 saturated heterocycles. The minimum atomic E-state index is -0.489. The van der Waals surface area contributed by atoms with Gasteiger partial charge in [-0.05, 0) is 37.6 Å². The van der Waals surface area contributed by atoms with E-state index in [0.717, 1.165) is 5.56 Å². The van der Waals surface area contributed by atoms with Gasteiger partial charge in [0.25, 0.3) is 0 Å². The maximum absolute atomic E-state index is 11.9. The third-order valence-electron chi connectivity index (χ3n) is 2.56. The average molecular weight is 265 g/mol. The van der Waals surface area contributed by atoms with Gasteiger partial charge in [0.15, 0.2) is 0 Å². The molecule has 1 aromatic heterocycles. The molecule has 0 N–H and O–H groups in total. The third-order valence-corrected chi connectivity index (χ3v) is 2.87. The van der Waals surface area contributed by atoms with Gasteiger partial charge in [-0.1, -0.05) is 17.7 Å². The normalized spacial score (nSPS) is 12.2. The summed E-state index contributed by atoms with van der Waals surface area (Å²) in [5.74, 6) is -0.0214. The Bertz CT molecular complexity index is 552. The quantitative estimate of drug-likeness (QED) is 0.632. The van der Waals surface area contributed by atoms with E-state index in [9.17, 15) is 4.79 Å². The number of carbonyl (C=O) groups excluding carboxylic acids is 1. The van der Waals surface area contributed by atoms with Crippen molar-refractivity contribution < 1.29 is 9.53 Å². The van der Waals surface area contributed by atoms with Crippen LogP contribution in [0, 0.1) is 6.92 Å². The Labute approximate surface area is 110 Å². The molecule has 4 nitrogen and oxygen atoms in total. The fraction of sp³-hybridized carbons (Fsp3) is 0.231. The molecule has 18 heavy (non-hydrogen) atoms. The summed E-state index contributed by atoms with van der Waals surface area (Å²) in [6.07, 6.45) is 3.33. The number of halogens is 1. The first-order valence-corrected chi connectivity index (χ1v) is 5.92. The molecule has 0 saturated carbocycles. The Morgan fingerprint density at radius 2 is 2.28 bits per heavy atom. The first-order chi connectivity index (χ1) is 8.58. The molecule has 0 spiro atoms. The summed E-state index contributed by atoms with van der Waals surface area (Å²) >= 11 is 5.97. The lowest BCUT2D eigenvalue weighted by atomic mass is 10.2. The Hall–Kier alpha value is -1.81. The van der Waals surface area contributed by atoms with Gasteiger partial charge in [-0.25, -0.2) is 4.79 Å². The highest BCUT2D eigenvalue weighted by Crippen LogP contribution is 2.26. The predicted molar refractivity (Wildman–Crippen MR) is 68.8 cm³/mol. The van der Waals surface area contributed by atoms with Crippen LogP contribution in [-0.2, 0) is 4.79 Å². The van der Waals surface area contributed by atoms with E-state index in [4.69, 9.17) is 16.3 Å². The van der Waals surface area contributed by atoms with Crippen molar-refractivity contribution in [2.75, 3.05) is 0 Å². The number of hydrogen-bond donors (Lipinski definition) is 0. The molecule has 0 aliphatic heterocycles. The van der Waals surface area contributed by atoms with Crippen molar-refractivity contribution in [2.45, 2.75) is 19.9 Å². The van der Waals surface area contributed by atoms with Gasteiger partial charge in [0, 0.05) is 12.4 Å². The number of aryl methyl sites for hydroxylation is 1. The highest BCUT2D eigenvalue weighted by atomic mass is 35.5. The van der Waals surface area contributed by atoms with Crippen LogP contribution in [0.2, 0.25) is 5.02 Å². The summed E-state index contributed by atoms with van der Waals surface area (Å²) in [6, 6.07) is 6.56. The molecule has 2 aromatic rings. The number of nitrogens with zero attached hydrogens (tertiary/aromatic N) is 2. The maximum atomic E-state index is 11.9. The molecule has 94 valence electrons. The van der Waals surface area contributed by atoms with E-state index >= 15 is 0 Å². The van der Waals surface area contributed by atoms with Gasteiger partial charge in [0.1, 0.15) is 11.8 Å². The van der Waals surface area contributed by atoms with Crippen LogP contribution < -0.4 is 4.74 Å². The molecule has 1 atom stereocenters. The molecule has 0 aliphatic carbocycles. The number of rotatable bonds is 3. The van der Waals surface area contributed by atoms with Gasteiger partial charge < -0.3 is 4.74 Å². The molecule has 0 bridgehead atoms. The van der Waals surface area contributed by atoms with Gasteiger partial charge >= 0.3 is 5.97 Å². The first-order valence-electron chi connectivity index (χ1n) is 5.55. The van der Waals surface area contributed by atoms with E-state index in [1.165, 1.54) is 4.68 Å². The van der Waals surface area contributed by atoms with E-state index in [2.05, 4.69) is 5.10 Å². The number of ether oxygens (including phenoxy) is 1. The lowest BCUT2D eigenvalue weighted by Gasteiger charge is -2.12. The maximum Gasteiger partial charge on any atom is 0.336 e. The average Bonchev–Trinajstić information content (AvgIpc) is 2.86. The van der Waals surface area contributed by atoms with Crippen LogP contribution >= 0.6 is 11.6 Å². The van der Waals surface area contributed by atoms with Gasteiger partial charge in [0.05, 0.1) is 5.02 Å². The number of hydrogen-bond acceptors (Lipinski definition) is 3. The predicted octanol–water partition coefficient (Wildman–Crippen LogP) is 3.01. The van der Waals surface area contributed by atoms with Crippen LogP contribution in [0.5, 0.6) is 5.75 Å². The molecule has 5 heteroatoms. The van der Waals surface area contributed by atoms with Crippen molar-refractivity contribution >= 4 is 17.6 Å². The number of carbonyl (C=O) groups is 1. The summed E-state index contributed by atoms with van der Waals surface area (Å²) in [5.41, 5.74) is 0.981. The Morgan fingerprint density at radius 1 is 1.50 bits per heavy atom. The summed E-state index contributed by atoms with van der Waals surface area (Å²) in [6.45, 7) is 3.63. The summed E-state index contributed by atoms with van der Waals surface area (Å²) in [4.78, 5) is 11.9. The van der Waals surface area contributed by atoms with Crippen LogP contribution in [-0.4, -0.2) is 15.7 Å². The topological polar surface area (TPSA) is 44.1 Å². The first kappa shape index (κ1) is 12.6. The number of esters is 1. The van der Waals surface area contributed by atoms with E-state index in [-0.39, 0.29) is 0 Å². The van der Waals surface area contributed by atoms with Crippen molar-refractivity contribution in [1.29, 1.82) is 0 Å². The van der Waals surface area contributed by atoms with Crippen molar-refractivity contribution in [3.8, 4) is 5.75 Å². The molecule has 2 rings (SSSR count). The smallest absolute Gasteiger partial charge is 0.336 e. The van der Waals surface area contributed by atoms with E-state index in [1.54, 1.807) is 37.5 Å². The minimum absolute atomic E-state index is 0.376. The van der Waals surface area contributed by atoms with E-state index < -0.39 is 12.0 Å². The molecule has 0 fully saturated rings. The zero-order chi connectivity index (χ0) is 13.1. The van der Waals surface area contributed by atoms with Gasteiger partial charge in [-0.15, -0.1) is 0 Å². The molecule has 1 unspecified atom stereocenters. The summed E-state index contributed by atoms with van der Waals surface area (Å²) < 4.78 is 6.81. The lowest BCUT2D eigenvalue weighted by Crippen LogP contribution is -2.22. The zero-order valence-electron chi connectivity index (χ0n) is 10.1. The summed E-state index contributed by atoms with van der Waals surface area (Å²) in [7, 11) is 0. The van der Waals surface area contributed by atoms with Crippen LogP contribution in [0.3, 0.4) is 0 Å². The SMILES string of the molecule is Cc1ccc(Cl)c(OC(=O)C(C)n2cccn2)c1. The van der Waals surface area contributed by atoms with Crippen LogP contribution in [0.25, 0.3) is 0 Å². The molecular formula is C13H13ClN2O2. The minimum Gasteiger partial charge on any atom is -0.423 e. The molecule has 1 aromatic carbocycles. The zero-order valence-corrected chi connectivity index (χ0v) is 10.9. The number of aromatic nitrogens is 2. The summed E-state index contributed by atoms with van der Waals surface area (Å²) in [5, 5.41) is 4.42. The molecule has 1 heterocycles. The van der Waals surface area contributed by atoms with Gasteiger partial charge in [0.2, 0.25) is 0 Å². The molecule has 0 aliphatic rings. The number of benzene rings is 1. The Kier molecular flexibility index (Phi) is 3.67. The fourth-order valence-electron chi connectivity index (χ4n) is 1.50. The Balaban J connectivity index is 2.14. The van der Waals surface area contributed by atoms with Gasteiger partial charge in [-0.2, -0.15) is 5.10 Å². The Morgan fingerprint density at radius 3 is 2.94 bits per heavy atom. The highest BCUT2D eigenvalue weighted by molar-refractivity contribution is 6.32. The monoisotopic (exact) mass is 264 g/mol. The van der Waals surface area contributed by atoms with E-state index in [0.29, 0.717) is 10.8 Å². The largest absolute Gasteiger partial charge is 0.423 e. The van der Waals surface area contributed by atoms with E-state index in [1.807, 2.05) is 13.0 Å². The fourth-order valence-corrected chi connectivity index (χ4v) is 1.66. The van der Waals surface area contributed by atoms with Gasteiger partial charge in [-0.3, -0.25) is 4.68 Å². The van der Waals surface area contributed by atoms with Crippen LogP contribution in [0.4, 0.5) is 0 Å². The molecule has 0 radical (unpaired) electrons. The second-order valence-electron chi connectivity index (χ2n) is 4.02. The van der Waals surface area contributed by atoms with Crippen molar-refractivity contribution in [1.82, 2.24) is 9.78 Å².